The van der Waals surface area contributed by atoms with Gasteiger partial charge in [-0.3, -0.25) is 9.59 Å². The maximum absolute atomic E-state index is 12.7. The van der Waals surface area contributed by atoms with Crippen molar-refractivity contribution in [3.8, 4) is 0 Å². The Morgan fingerprint density at radius 2 is 1.73 bits per heavy atom. The number of hydrogen-bond donors (Lipinski definition) is 4. The summed E-state index contributed by atoms with van der Waals surface area (Å²) in [6.07, 6.45) is -0.428. The molecular formula is C20H30O6. The van der Waals surface area contributed by atoms with Gasteiger partial charge in [-0.15, -0.1) is 0 Å². The molecule has 0 aromatic carbocycles. The van der Waals surface area contributed by atoms with Crippen LogP contribution in [0.1, 0.15) is 59.3 Å². The molecule has 0 amide bonds. The fourth-order valence-corrected chi connectivity index (χ4v) is 7.72. The average molecular weight is 366 g/mol. The van der Waals surface area contributed by atoms with Crippen molar-refractivity contribution in [3.63, 3.8) is 0 Å². The Hall–Kier alpha value is -0.980. The lowest BCUT2D eigenvalue weighted by Gasteiger charge is -2.67. The number of carbonyl (C=O) groups is 2. The zero-order valence-corrected chi connectivity index (χ0v) is 15.7. The molecule has 4 saturated carbocycles. The van der Waals surface area contributed by atoms with Gasteiger partial charge in [0.1, 0.15) is 5.78 Å². The first kappa shape index (κ1) is 18.4. The minimum atomic E-state index is -1.26. The predicted octanol–water partition coefficient (Wildman–Crippen LogP) is 1.36. The number of aliphatic hydroxyl groups excluding tert-OH is 3. The third-order valence-corrected chi connectivity index (χ3v) is 9.07. The molecule has 9 atom stereocenters. The Bertz CT molecular complexity index is 677. The van der Waals surface area contributed by atoms with Gasteiger partial charge in [0.15, 0.2) is 0 Å². The van der Waals surface area contributed by atoms with Crippen LogP contribution in [0.5, 0.6) is 0 Å². The molecule has 2 bridgehead atoms. The average Bonchev–Trinajstić information content (AvgIpc) is 2.75. The number of carboxylic acid groups (broad SMARTS) is 1. The van der Waals surface area contributed by atoms with E-state index in [2.05, 4.69) is 0 Å². The van der Waals surface area contributed by atoms with Crippen LogP contribution in [0.3, 0.4) is 0 Å². The highest BCUT2D eigenvalue weighted by molar-refractivity contribution is 5.88. The van der Waals surface area contributed by atoms with Crippen LogP contribution in [0, 0.1) is 33.5 Å². The van der Waals surface area contributed by atoms with Crippen LogP contribution in [0.4, 0.5) is 0 Å². The second-order valence-electron chi connectivity index (χ2n) is 10.2. The van der Waals surface area contributed by atoms with Gasteiger partial charge in [0, 0.05) is 28.6 Å². The number of aliphatic hydroxyl groups is 3. The Balaban J connectivity index is 1.90. The highest BCUT2D eigenvalue weighted by Gasteiger charge is 2.75. The molecule has 0 heterocycles. The van der Waals surface area contributed by atoms with Crippen molar-refractivity contribution in [3.05, 3.63) is 0 Å². The van der Waals surface area contributed by atoms with Crippen LogP contribution in [0.2, 0.25) is 0 Å². The summed E-state index contributed by atoms with van der Waals surface area (Å²) in [5, 5.41) is 43.2. The number of Topliss-reactive ketones (excluding diaryl/α,β-unsaturated/α-hetero) is 1. The molecule has 4 N–H and O–H groups in total. The number of carboxylic acids is 1. The summed E-state index contributed by atoms with van der Waals surface area (Å²) < 4.78 is 0. The third kappa shape index (κ3) is 1.83. The number of rotatable bonds is 1. The van der Waals surface area contributed by atoms with Crippen LogP contribution >= 0.6 is 0 Å². The summed E-state index contributed by atoms with van der Waals surface area (Å²) in [6.45, 7) is 5.45. The summed E-state index contributed by atoms with van der Waals surface area (Å²) in [7, 11) is 0. The fourth-order valence-electron chi connectivity index (χ4n) is 7.72. The normalized spacial score (nSPS) is 58.8. The van der Waals surface area contributed by atoms with Gasteiger partial charge < -0.3 is 20.4 Å². The molecule has 6 heteroatoms. The molecule has 0 aromatic rings. The van der Waals surface area contributed by atoms with Gasteiger partial charge in [0.25, 0.3) is 0 Å². The van der Waals surface area contributed by atoms with Gasteiger partial charge in [0.05, 0.1) is 23.7 Å². The number of fused-ring (bicyclic) bond motifs is 3. The van der Waals surface area contributed by atoms with Gasteiger partial charge in [-0.2, -0.15) is 0 Å². The zero-order valence-electron chi connectivity index (χ0n) is 15.7. The SMILES string of the molecule is C[C@@]12CC[C@@H]3[C@@](CC1=O)(C2)[C@@H](O)[C@H](O)[C@H]1[C@@]3(C)[C@@H](O)CC[C@@]1(C)C(=O)O. The Labute approximate surface area is 153 Å². The summed E-state index contributed by atoms with van der Waals surface area (Å²) in [5.41, 5.74) is -3.28. The second kappa shape index (κ2) is 5.09. The molecule has 146 valence electrons. The Morgan fingerprint density at radius 1 is 1.08 bits per heavy atom. The lowest BCUT2D eigenvalue weighted by molar-refractivity contribution is -0.281. The first-order valence-electron chi connectivity index (χ1n) is 9.74. The van der Waals surface area contributed by atoms with E-state index in [0.29, 0.717) is 25.7 Å². The lowest BCUT2D eigenvalue weighted by atomic mass is 9.38. The lowest BCUT2D eigenvalue weighted by Crippen LogP contribution is -2.72. The van der Waals surface area contributed by atoms with Crippen LogP contribution in [0.15, 0.2) is 0 Å². The molecule has 0 aliphatic heterocycles. The van der Waals surface area contributed by atoms with Crippen molar-refractivity contribution in [1.82, 2.24) is 0 Å². The molecule has 0 saturated heterocycles. The van der Waals surface area contributed by atoms with Gasteiger partial charge >= 0.3 is 5.97 Å². The van der Waals surface area contributed by atoms with E-state index >= 15 is 0 Å². The number of aliphatic carboxylic acids is 1. The van der Waals surface area contributed by atoms with Crippen molar-refractivity contribution < 1.29 is 30.0 Å². The molecule has 26 heavy (non-hydrogen) atoms. The quantitative estimate of drug-likeness (QED) is 0.557. The van der Waals surface area contributed by atoms with Crippen molar-refractivity contribution in [1.29, 1.82) is 0 Å². The molecular weight excluding hydrogens is 336 g/mol. The third-order valence-electron chi connectivity index (χ3n) is 9.07. The molecule has 4 fully saturated rings. The molecule has 6 nitrogen and oxygen atoms in total. The second-order valence-corrected chi connectivity index (χ2v) is 10.2. The summed E-state index contributed by atoms with van der Waals surface area (Å²) in [5.74, 6) is -1.79. The number of carbonyl (C=O) groups excluding carboxylic acids is 1. The zero-order chi connectivity index (χ0) is 19.3. The standard InChI is InChI=1S/C20H30O6/c1-17-6-4-10-19(3)11(21)5-7-18(2,16(25)26)14(19)13(23)15(24)20(10,9-17)8-12(17)22/h10-11,13-15,21,23-24H,4-9H2,1-3H3,(H,25,26)/t10-,11-,13+,14+,15-,17-,18+,19+,20+/m0/s1. The Kier molecular flexibility index (Phi) is 3.60. The number of hydrogen-bond acceptors (Lipinski definition) is 5. The first-order valence-corrected chi connectivity index (χ1v) is 9.74. The Morgan fingerprint density at radius 3 is 2.35 bits per heavy atom. The van der Waals surface area contributed by atoms with E-state index in [1.54, 1.807) is 6.92 Å². The van der Waals surface area contributed by atoms with Gasteiger partial charge in [-0.05, 0) is 44.9 Å². The minimum Gasteiger partial charge on any atom is -0.481 e. The van der Waals surface area contributed by atoms with Crippen LogP contribution in [-0.4, -0.2) is 50.5 Å². The van der Waals surface area contributed by atoms with Gasteiger partial charge in [-0.1, -0.05) is 13.8 Å². The van der Waals surface area contributed by atoms with Crippen LogP contribution < -0.4 is 0 Å². The van der Waals surface area contributed by atoms with Gasteiger partial charge in [-0.25, -0.2) is 0 Å². The van der Waals surface area contributed by atoms with E-state index in [9.17, 15) is 30.0 Å². The molecule has 4 aliphatic carbocycles. The monoisotopic (exact) mass is 366 g/mol. The van der Waals surface area contributed by atoms with Crippen molar-refractivity contribution >= 4 is 11.8 Å². The topological polar surface area (TPSA) is 115 Å². The van der Waals surface area contributed by atoms with Gasteiger partial charge in [0.2, 0.25) is 0 Å². The molecule has 4 aliphatic rings. The van der Waals surface area contributed by atoms with E-state index in [4.69, 9.17) is 0 Å². The largest absolute Gasteiger partial charge is 0.481 e. The number of ketones is 1. The minimum absolute atomic E-state index is 0.125. The summed E-state index contributed by atoms with van der Waals surface area (Å²) >= 11 is 0. The highest BCUT2D eigenvalue weighted by Crippen LogP contribution is 2.72. The van der Waals surface area contributed by atoms with E-state index < -0.39 is 51.9 Å². The summed E-state index contributed by atoms with van der Waals surface area (Å²) in [6, 6.07) is 0. The van der Waals surface area contributed by atoms with E-state index in [1.165, 1.54) is 0 Å². The molecule has 1 spiro atoms. The first-order chi connectivity index (χ1) is 11.9. The van der Waals surface area contributed by atoms with Crippen molar-refractivity contribution in [2.75, 3.05) is 0 Å². The van der Waals surface area contributed by atoms with Crippen molar-refractivity contribution in [2.24, 2.45) is 33.5 Å². The maximum atomic E-state index is 12.7. The molecule has 0 aromatic heterocycles. The van der Waals surface area contributed by atoms with E-state index in [0.717, 1.165) is 0 Å². The van der Waals surface area contributed by atoms with E-state index in [1.807, 2.05) is 13.8 Å². The summed E-state index contributed by atoms with van der Waals surface area (Å²) in [4.78, 5) is 24.8. The molecule has 0 unspecified atom stereocenters. The maximum Gasteiger partial charge on any atom is 0.309 e. The highest BCUT2D eigenvalue weighted by atomic mass is 16.4. The van der Waals surface area contributed by atoms with E-state index in [-0.39, 0.29) is 24.5 Å². The smallest absolute Gasteiger partial charge is 0.309 e. The van der Waals surface area contributed by atoms with Crippen LogP contribution in [-0.2, 0) is 9.59 Å². The fraction of sp³-hybridized carbons (Fsp3) is 0.900. The van der Waals surface area contributed by atoms with Crippen LogP contribution in [0.25, 0.3) is 0 Å². The van der Waals surface area contributed by atoms with Crippen molar-refractivity contribution in [2.45, 2.75) is 77.6 Å². The molecule has 0 radical (unpaired) electrons. The predicted molar refractivity (Wildman–Crippen MR) is 92.1 cm³/mol. The molecule has 4 rings (SSSR count).